The Kier molecular flexibility index (Phi) is 5.04. The molecule has 0 saturated heterocycles. The van der Waals surface area contributed by atoms with Crippen molar-refractivity contribution >= 4 is 26.5 Å². The number of hydrogen-bond donors (Lipinski definition) is 0. The van der Waals surface area contributed by atoms with Gasteiger partial charge in [-0.2, -0.15) is 0 Å². The average Bonchev–Trinajstić information content (AvgIpc) is 1.85. The maximum Gasteiger partial charge on any atom is 0.283 e. The van der Waals surface area contributed by atoms with Crippen molar-refractivity contribution in [1.29, 1.82) is 0 Å². The first kappa shape index (κ1) is 11.2. The highest BCUT2D eigenvalue weighted by Gasteiger charge is 2.18. The van der Waals surface area contributed by atoms with E-state index in [4.69, 9.17) is 0 Å². The predicted molar refractivity (Wildman–Crippen MR) is 56.1 cm³/mol. The Morgan fingerprint density at radius 2 is 1.91 bits per heavy atom. The van der Waals surface area contributed by atoms with Crippen molar-refractivity contribution < 1.29 is 4.79 Å². The Labute approximate surface area is 82.5 Å². The summed E-state index contributed by atoms with van der Waals surface area (Å²) in [5.74, 6) is 0. The van der Waals surface area contributed by atoms with E-state index in [1.54, 1.807) is 0 Å². The van der Waals surface area contributed by atoms with Crippen LogP contribution in [0.2, 0.25) is 0 Å². The third kappa shape index (κ3) is 3.40. The summed E-state index contributed by atoms with van der Waals surface area (Å²) in [5.41, 5.74) is 0. The number of carbonyl (C=O) groups excluding carboxylic acids is 1. The van der Waals surface area contributed by atoms with Crippen molar-refractivity contribution in [3.8, 4) is 0 Å². The predicted octanol–water partition coefficient (Wildman–Crippen LogP) is 3.05. The average molecular weight is 269 g/mol. The van der Waals surface area contributed by atoms with Crippen LogP contribution in [0.15, 0.2) is 0 Å². The molecule has 3 heteroatoms. The maximum absolute atomic E-state index is 11.1. The van der Waals surface area contributed by atoms with Crippen LogP contribution >= 0.6 is 22.6 Å². The first-order valence-corrected chi connectivity index (χ1v) is 5.06. The second-order valence-corrected chi connectivity index (χ2v) is 3.93. The molecule has 1 atom stereocenters. The number of amides is 1. The molecule has 0 aliphatic heterocycles. The van der Waals surface area contributed by atoms with Gasteiger partial charge in [0.05, 0.1) is 0 Å². The number of carbonyl (C=O) groups is 1. The van der Waals surface area contributed by atoms with Gasteiger partial charge in [-0.3, -0.25) is 4.79 Å². The third-order valence-corrected chi connectivity index (χ3v) is 2.38. The first-order valence-electron chi connectivity index (χ1n) is 3.98. The number of rotatable bonds is 3. The van der Waals surface area contributed by atoms with E-state index in [1.807, 2.05) is 41.3 Å². The van der Waals surface area contributed by atoms with E-state index in [1.165, 1.54) is 0 Å². The van der Waals surface area contributed by atoms with Crippen LogP contribution in [-0.4, -0.2) is 20.9 Å². The summed E-state index contributed by atoms with van der Waals surface area (Å²) in [6.45, 7) is 8.27. The van der Waals surface area contributed by atoms with E-state index in [-0.39, 0.29) is 3.91 Å². The van der Waals surface area contributed by atoms with Crippen LogP contribution in [0, 0.1) is 0 Å². The van der Waals surface area contributed by atoms with Crippen LogP contribution in [0.1, 0.15) is 34.1 Å². The van der Waals surface area contributed by atoms with Crippen LogP contribution in [-0.2, 0) is 0 Å². The normalized spacial score (nSPS) is 13.3. The third-order valence-electron chi connectivity index (χ3n) is 1.83. The molecule has 0 saturated carbocycles. The molecule has 1 amide bonds. The summed E-state index contributed by atoms with van der Waals surface area (Å²) in [5, 5.41) is 0. The zero-order chi connectivity index (χ0) is 9.02. The molecule has 11 heavy (non-hydrogen) atoms. The largest absolute Gasteiger partial charge is 0.329 e. The first-order chi connectivity index (χ1) is 5.00. The van der Waals surface area contributed by atoms with Crippen molar-refractivity contribution in [2.45, 2.75) is 46.2 Å². The summed E-state index contributed by atoms with van der Waals surface area (Å²) < 4.78 is 0.145. The summed E-state index contributed by atoms with van der Waals surface area (Å²) >= 11 is 1.85. The molecule has 2 nitrogen and oxygen atoms in total. The fourth-order valence-electron chi connectivity index (χ4n) is 1.08. The lowest BCUT2D eigenvalue weighted by atomic mass is 10.2. The molecule has 1 unspecified atom stereocenters. The minimum Gasteiger partial charge on any atom is -0.329 e. The zero-order valence-corrected chi connectivity index (χ0v) is 9.75. The lowest BCUT2D eigenvalue weighted by molar-refractivity contribution is 0.185. The van der Waals surface area contributed by atoms with Crippen molar-refractivity contribution in [3.63, 3.8) is 0 Å². The molecule has 0 aliphatic carbocycles. The summed E-state index contributed by atoms with van der Waals surface area (Å²) in [6.07, 6.45) is 1.02. The molecular formula is C8H16INO. The molecule has 0 radical (unpaired) electrons. The molecule has 0 fully saturated rings. The van der Waals surface area contributed by atoms with Gasteiger partial charge in [-0.1, -0.05) is 6.92 Å². The highest BCUT2D eigenvalue weighted by Crippen LogP contribution is 2.12. The smallest absolute Gasteiger partial charge is 0.283 e. The summed E-state index contributed by atoms with van der Waals surface area (Å²) in [6, 6.07) is 0.675. The Morgan fingerprint density at radius 3 is 2.00 bits per heavy atom. The van der Waals surface area contributed by atoms with Gasteiger partial charge < -0.3 is 4.90 Å². The zero-order valence-electron chi connectivity index (χ0n) is 7.60. The van der Waals surface area contributed by atoms with Crippen molar-refractivity contribution in [3.05, 3.63) is 0 Å². The highest BCUT2D eigenvalue weighted by molar-refractivity contribution is 14.1. The molecule has 0 rings (SSSR count). The molecule has 0 aromatic carbocycles. The minimum atomic E-state index is 0.145. The molecule has 0 N–H and O–H groups in total. The summed E-state index contributed by atoms with van der Waals surface area (Å²) in [7, 11) is 0. The van der Waals surface area contributed by atoms with Gasteiger partial charge in [-0.25, -0.2) is 0 Å². The standard InChI is InChI=1S/C8H16INO/c1-5-7(4)10(6(2)3)8(9)11/h6-7H,5H2,1-4H3. The van der Waals surface area contributed by atoms with E-state index in [9.17, 15) is 4.79 Å². The molecule has 0 spiro atoms. The molecular weight excluding hydrogens is 253 g/mol. The highest BCUT2D eigenvalue weighted by atomic mass is 127. The number of nitrogens with zero attached hydrogens (tertiary/aromatic N) is 1. The second kappa shape index (κ2) is 4.95. The number of halogens is 1. The quantitative estimate of drug-likeness (QED) is 0.438. The van der Waals surface area contributed by atoms with Gasteiger partial charge in [-0.15, -0.1) is 0 Å². The Morgan fingerprint density at radius 1 is 1.45 bits per heavy atom. The molecule has 0 aromatic heterocycles. The monoisotopic (exact) mass is 269 g/mol. The molecule has 0 heterocycles. The lowest BCUT2D eigenvalue weighted by Gasteiger charge is -2.30. The molecule has 66 valence electrons. The van der Waals surface area contributed by atoms with Crippen molar-refractivity contribution in [1.82, 2.24) is 4.90 Å². The van der Waals surface area contributed by atoms with Gasteiger partial charge in [0.25, 0.3) is 3.91 Å². The summed E-state index contributed by atoms with van der Waals surface area (Å²) in [4.78, 5) is 13.0. The lowest BCUT2D eigenvalue weighted by Crippen LogP contribution is -2.39. The van der Waals surface area contributed by atoms with Crippen LogP contribution < -0.4 is 0 Å². The van der Waals surface area contributed by atoms with E-state index in [0.717, 1.165) is 6.42 Å². The fraction of sp³-hybridized carbons (Fsp3) is 0.875. The van der Waals surface area contributed by atoms with Gasteiger partial charge in [0.2, 0.25) is 0 Å². The molecule has 0 aromatic rings. The van der Waals surface area contributed by atoms with Gasteiger partial charge >= 0.3 is 0 Å². The molecule has 0 aliphatic rings. The second-order valence-electron chi connectivity index (χ2n) is 3.01. The van der Waals surface area contributed by atoms with Gasteiger partial charge in [0, 0.05) is 34.7 Å². The van der Waals surface area contributed by atoms with E-state index >= 15 is 0 Å². The van der Waals surface area contributed by atoms with Crippen molar-refractivity contribution in [2.24, 2.45) is 0 Å². The Hall–Kier alpha value is 0.200. The SMILES string of the molecule is CCC(C)N(C(=O)I)C(C)C. The van der Waals surface area contributed by atoms with Crippen LogP contribution in [0.4, 0.5) is 4.79 Å². The van der Waals surface area contributed by atoms with Crippen molar-refractivity contribution in [2.75, 3.05) is 0 Å². The molecule has 0 bridgehead atoms. The number of hydrogen-bond acceptors (Lipinski definition) is 1. The van der Waals surface area contributed by atoms with Gasteiger partial charge in [0.15, 0.2) is 0 Å². The van der Waals surface area contributed by atoms with E-state index in [0.29, 0.717) is 12.1 Å². The Bertz CT molecular complexity index is 136. The van der Waals surface area contributed by atoms with E-state index in [2.05, 4.69) is 13.8 Å². The van der Waals surface area contributed by atoms with Gasteiger partial charge in [0.1, 0.15) is 0 Å². The van der Waals surface area contributed by atoms with Gasteiger partial charge in [-0.05, 0) is 27.2 Å². The van der Waals surface area contributed by atoms with Crippen LogP contribution in [0.3, 0.4) is 0 Å². The maximum atomic E-state index is 11.1. The van der Waals surface area contributed by atoms with E-state index < -0.39 is 0 Å². The topological polar surface area (TPSA) is 20.3 Å². The minimum absolute atomic E-state index is 0.145. The Balaban J connectivity index is 4.21. The fourth-order valence-corrected chi connectivity index (χ4v) is 2.11. The van der Waals surface area contributed by atoms with Crippen LogP contribution in [0.5, 0.6) is 0 Å². The van der Waals surface area contributed by atoms with Crippen LogP contribution in [0.25, 0.3) is 0 Å².